The van der Waals surface area contributed by atoms with Gasteiger partial charge in [0.25, 0.3) is 0 Å². The van der Waals surface area contributed by atoms with Gasteiger partial charge in [0.1, 0.15) is 5.78 Å². The third-order valence-electron chi connectivity index (χ3n) is 4.01. The first-order valence-electron chi connectivity index (χ1n) is 6.53. The van der Waals surface area contributed by atoms with Crippen LogP contribution in [0, 0.1) is 5.41 Å². The summed E-state index contributed by atoms with van der Waals surface area (Å²) in [7, 11) is 0. The summed E-state index contributed by atoms with van der Waals surface area (Å²) in [5, 5.41) is 5.43. The summed E-state index contributed by atoms with van der Waals surface area (Å²) in [4.78, 5) is 13.8. The summed E-state index contributed by atoms with van der Waals surface area (Å²) in [6.07, 6.45) is 4.68. The largest absolute Gasteiger partial charge is 0.317 e. The summed E-state index contributed by atoms with van der Waals surface area (Å²) < 4.78 is 0. The molecular weight excluding hydrogens is 230 g/mol. The van der Waals surface area contributed by atoms with E-state index in [9.17, 15) is 4.79 Å². The number of rotatable bonds is 5. The molecule has 0 aliphatic carbocycles. The molecule has 0 bridgehead atoms. The first-order chi connectivity index (χ1) is 8.27. The molecule has 1 saturated heterocycles. The number of ketones is 1. The second-order valence-corrected chi connectivity index (χ2v) is 5.92. The fraction of sp³-hybridized carbons (Fsp3) is 0.643. The molecule has 0 radical (unpaired) electrons. The van der Waals surface area contributed by atoms with Gasteiger partial charge in [-0.3, -0.25) is 4.79 Å². The minimum Gasteiger partial charge on any atom is -0.317 e. The zero-order valence-electron chi connectivity index (χ0n) is 10.5. The van der Waals surface area contributed by atoms with E-state index in [1.54, 1.807) is 11.3 Å². The Hall–Kier alpha value is -0.670. The van der Waals surface area contributed by atoms with Crippen LogP contribution < -0.4 is 5.32 Å². The molecule has 0 atom stereocenters. The van der Waals surface area contributed by atoms with E-state index in [1.807, 2.05) is 0 Å². The lowest BCUT2D eigenvalue weighted by Gasteiger charge is -2.35. The number of thiophene rings is 1. The van der Waals surface area contributed by atoms with Gasteiger partial charge in [0, 0.05) is 16.7 Å². The standard InChI is InChI=1S/C14H21NOS/c1-2-14(7-9-15-10-8-14)13(16)6-5-12-4-3-11-17-12/h3-4,11,15H,2,5-10H2,1H3. The van der Waals surface area contributed by atoms with Gasteiger partial charge in [-0.1, -0.05) is 13.0 Å². The van der Waals surface area contributed by atoms with E-state index in [-0.39, 0.29) is 5.41 Å². The highest BCUT2D eigenvalue weighted by Gasteiger charge is 2.36. The fourth-order valence-corrected chi connectivity index (χ4v) is 3.40. The molecule has 2 rings (SSSR count). The fourth-order valence-electron chi connectivity index (χ4n) is 2.69. The van der Waals surface area contributed by atoms with E-state index in [0.717, 1.165) is 38.8 Å². The molecule has 1 N–H and O–H groups in total. The number of Topliss-reactive ketones (excluding diaryl/α,β-unsaturated/α-hetero) is 1. The molecule has 1 aromatic rings. The zero-order chi connectivity index (χ0) is 12.1. The van der Waals surface area contributed by atoms with Crippen LogP contribution >= 0.6 is 11.3 Å². The second-order valence-electron chi connectivity index (χ2n) is 4.89. The Labute approximate surface area is 107 Å². The highest BCUT2D eigenvalue weighted by atomic mass is 32.1. The molecular formula is C14H21NOS. The van der Waals surface area contributed by atoms with Crippen molar-refractivity contribution in [3.8, 4) is 0 Å². The van der Waals surface area contributed by atoms with Gasteiger partial charge in [0.15, 0.2) is 0 Å². The van der Waals surface area contributed by atoms with Gasteiger partial charge in [0.2, 0.25) is 0 Å². The van der Waals surface area contributed by atoms with Crippen LogP contribution in [-0.4, -0.2) is 18.9 Å². The van der Waals surface area contributed by atoms with Crippen LogP contribution in [0.25, 0.3) is 0 Å². The molecule has 1 aliphatic heterocycles. The predicted octanol–water partition coefficient (Wildman–Crippen LogP) is 3.03. The molecule has 94 valence electrons. The number of hydrogen-bond acceptors (Lipinski definition) is 3. The van der Waals surface area contributed by atoms with E-state index < -0.39 is 0 Å². The molecule has 0 spiro atoms. The van der Waals surface area contributed by atoms with Gasteiger partial charge in [-0.2, -0.15) is 0 Å². The molecule has 17 heavy (non-hydrogen) atoms. The van der Waals surface area contributed by atoms with Crippen molar-refractivity contribution in [3.63, 3.8) is 0 Å². The molecule has 0 aromatic carbocycles. The molecule has 1 aliphatic rings. The SMILES string of the molecule is CCC1(C(=O)CCc2cccs2)CCNCC1. The lowest BCUT2D eigenvalue weighted by atomic mass is 9.72. The summed E-state index contributed by atoms with van der Waals surface area (Å²) >= 11 is 1.75. The van der Waals surface area contributed by atoms with Gasteiger partial charge in [-0.15, -0.1) is 11.3 Å². The van der Waals surface area contributed by atoms with E-state index >= 15 is 0 Å². The summed E-state index contributed by atoms with van der Waals surface area (Å²) in [5.41, 5.74) is -0.0253. The maximum Gasteiger partial charge on any atom is 0.139 e. The molecule has 0 saturated carbocycles. The zero-order valence-corrected chi connectivity index (χ0v) is 11.3. The van der Waals surface area contributed by atoms with Crippen molar-refractivity contribution in [1.82, 2.24) is 5.32 Å². The van der Waals surface area contributed by atoms with Gasteiger partial charge < -0.3 is 5.32 Å². The first-order valence-corrected chi connectivity index (χ1v) is 7.41. The molecule has 3 heteroatoms. The van der Waals surface area contributed by atoms with Crippen molar-refractivity contribution in [2.24, 2.45) is 5.41 Å². The summed E-state index contributed by atoms with van der Waals surface area (Å²) in [6.45, 7) is 4.16. The Kier molecular flexibility index (Phi) is 4.35. The van der Waals surface area contributed by atoms with Crippen molar-refractivity contribution in [2.45, 2.75) is 39.0 Å². The predicted molar refractivity (Wildman–Crippen MR) is 72.5 cm³/mol. The van der Waals surface area contributed by atoms with E-state index in [4.69, 9.17) is 0 Å². The average molecular weight is 251 g/mol. The Morgan fingerprint density at radius 2 is 2.24 bits per heavy atom. The number of carbonyl (C=O) groups excluding carboxylic acids is 1. The second kappa shape index (κ2) is 5.78. The molecule has 2 nitrogen and oxygen atoms in total. The number of carbonyl (C=O) groups is 1. The smallest absolute Gasteiger partial charge is 0.139 e. The normalized spacial score (nSPS) is 19.1. The van der Waals surface area contributed by atoms with Crippen LogP contribution in [0.1, 0.15) is 37.5 Å². The topological polar surface area (TPSA) is 29.1 Å². The lowest BCUT2D eigenvalue weighted by molar-refractivity contribution is -0.130. The molecule has 2 heterocycles. The van der Waals surface area contributed by atoms with Crippen molar-refractivity contribution < 1.29 is 4.79 Å². The van der Waals surface area contributed by atoms with Crippen LogP contribution in [0.5, 0.6) is 0 Å². The highest BCUT2D eigenvalue weighted by Crippen LogP contribution is 2.35. The summed E-state index contributed by atoms with van der Waals surface area (Å²) in [5.74, 6) is 0.481. The van der Waals surface area contributed by atoms with Crippen molar-refractivity contribution in [3.05, 3.63) is 22.4 Å². The van der Waals surface area contributed by atoms with E-state index in [1.165, 1.54) is 4.88 Å². The Morgan fingerprint density at radius 1 is 1.47 bits per heavy atom. The van der Waals surface area contributed by atoms with Gasteiger partial charge in [-0.25, -0.2) is 0 Å². The van der Waals surface area contributed by atoms with E-state index in [2.05, 4.69) is 29.8 Å². The maximum absolute atomic E-state index is 12.4. The molecule has 0 unspecified atom stereocenters. The summed E-state index contributed by atoms with van der Waals surface area (Å²) in [6, 6.07) is 4.18. The molecule has 1 fully saturated rings. The van der Waals surface area contributed by atoms with Gasteiger partial charge in [-0.05, 0) is 50.2 Å². The van der Waals surface area contributed by atoms with Crippen LogP contribution in [0.4, 0.5) is 0 Å². The lowest BCUT2D eigenvalue weighted by Crippen LogP contribution is -2.41. The third kappa shape index (κ3) is 2.96. The van der Waals surface area contributed by atoms with Crippen molar-refractivity contribution >= 4 is 17.1 Å². The van der Waals surface area contributed by atoms with E-state index in [0.29, 0.717) is 12.2 Å². The number of piperidine rings is 1. The Bertz CT molecular complexity index is 352. The third-order valence-corrected chi connectivity index (χ3v) is 4.94. The van der Waals surface area contributed by atoms with Crippen LogP contribution in [0.15, 0.2) is 17.5 Å². The Balaban J connectivity index is 1.93. The quantitative estimate of drug-likeness (QED) is 0.871. The van der Waals surface area contributed by atoms with Crippen LogP contribution in [0.3, 0.4) is 0 Å². The molecule has 1 aromatic heterocycles. The minimum absolute atomic E-state index is 0.0253. The van der Waals surface area contributed by atoms with Crippen molar-refractivity contribution in [1.29, 1.82) is 0 Å². The highest BCUT2D eigenvalue weighted by molar-refractivity contribution is 7.09. The van der Waals surface area contributed by atoms with Crippen LogP contribution in [-0.2, 0) is 11.2 Å². The van der Waals surface area contributed by atoms with Gasteiger partial charge in [0.05, 0.1) is 0 Å². The monoisotopic (exact) mass is 251 g/mol. The maximum atomic E-state index is 12.4. The number of nitrogens with one attached hydrogen (secondary N) is 1. The van der Waals surface area contributed by atoms with Crippen molar-refractivity contribution in [2.75, 3.05) is 13.1 Å². The molecule has 0 amide bonds. The minimum atomic E-state index is -0.0253. The number of hydrogen-bond donors (Lipinski definition) is 1. The van der Waals surface area contributed by atoms with Gasteiger partial charge >= 0.3 is 0 Å². The Morgan fingerprint density at radius 3 is 2.82 bits per heavy atom. The number of aryl methyl sites for hydroxylation is 1. The van der Waals surface area contributed by atoms with Crippen LogP contribution in [0.2, 0.25) is 0 Å². The average Bonchev–Trinajstić information content (AvgIpc) is 2.90. The first kappa shape index (κ1) is 12.8.